The van der Waals surface area contributed by atoms with Gasteiger partial charge >= 0.3 is 0 Å². The molecule has 7 heteroatoms. The molecule has 0 atom stereocenters. The monoisotopic (exact) mass is 308 g/mol. The number of aryl methyl sites for hydroxylation is 1. The number of benzene rings is 1. The molecule has 1 amide bonds. The number of rotatable bonds is 4. The van der Waals surface area contributed by atoms with Crippen LogP contribution < -0.4 is 0 Å². The zero-order valence-electron chi connectivity index (χ0n) is 11.5. The summed E-state index contributed by atoms with van der Waals surface area (Å²) < 4.78 is 5.26. The van der Waals surface area contributed by atoms with E-state index in [2.05, 4.69) is 0 Å². The van der Waals surface area contributed by atoms with Crippen LogP contribution in [0.5, 0.6) is 0 Å². The number of halogens is 1. The Hall–Kier alpha value is -2.34. The van der Waals surface area contributed by atoms with E-state index >= 15 is 0 Å². The summed E-state index contributed by atoms with van der Waals surface area (Å²) in [5, 5.41) is 11.1. The first-order chi connectivity index (χ1) is 9.88. The molecule has 1 aromatic heterocycles. The highest BCUT2D eigenvalue weighted by molar-refractivity contribution is 6.31. The van der Waals surface area contributed by atoms with Crippen molar-refractivity contribution in [1.82, 2.24) is 4.90 Å². The lowest BCUT2D eigenvalue weighted by Gasteiger charge is -2.16. The van der Waals surface area contributed by atoms with Crippen LogP contribution in [0.2, 0.25) is 5.02 Å². The van der Waals surface area contributed by atoms with Crippen molar-refractivity contribution in [3.8, 4) is 0 Å². The Morgan fingerprint density at radius 1 is 1.38 bits per heavy atom. The fourth-order valence-electron chi connectivity index (χ4n) is 1.86. The minimum absolute atomic E-state index is 0.0657. The van der Waals surface area contributed by atoms with E-state index in [-0.39, 0.29) is 23.9 Å². The van der Waals surface area contributed by atoms with E-state index in [1.54, 1.807) is 26.1 Å². The van der Waals surface area contributed by atoms with Gasteiger partial charge in [-0.05, 0) is 30.7 Å². The largest absolute Gasteiger partial charge is 0.456 e. The predicted octanol–water partition coefficient (Wildman–Crippen LogP) is 3.42. The number of hydrogen-bond acceptors (Lipinski definition) is 4. The van der Waals surface area contributed by atoms with Gasteiger partial charge in [0, 0.05) is 30.7 Å². The second-order valence-electron chi connectivity index (χ2n) is 4.60. The Morgan fingerprint density at radius 3 is 2.67 bits per heavy atom. The normalized spacial score (nSPS) is 10.4. The Bertz CT molecular complexity index is 696. The summed E-state index contributed by atoms with van der Waals surface area (Å²) in [6, 6.07) is 7.41. The summed E-state index contributed by atoms with van der Waals surface area (Å²) in [5.74, 6) is 0.544. The van der Waals surface area contributed by atoms with E-state index in [9.17, 15) is 14.9 Å². The van der Waals surface area contributed by atoms with Gasteiger partial charge < -0.3 is 9.32 Å². The van der Waals surface area contributed by atoms with Gasteiger partial charge in [-0.2, -0.15) is 0 Å². The molecule has 0 saturated carbocycles. The average Bonchev–Trinajstić information content (AvgIpc) is 2.86. The van der Waals surface area contributed by atoms with Crippen molar-refractivity contribution >= 4 is 23.2 Å². The smallest absolute Gasteiger partial charge is 0.289 e. The highest BCUT2D eigenvalue weighted by Gasteiger charge is 2.18. The summed E-state index contributed by atoms with van der Waals surface area (Å²) in [6.07, 6.45) is 0. The molecule has 0 aliphatic rings. The van der Waals surface area contributed by atoms with E-state index in [1.165, 1.54) is 23.1 Å². The van der Waals surface area contributed by atoms with Crippen LogP contribution in [0.3, 0.4) is 0 Å². The molecule has 0 spiro atoms. The molecule has 110 valence electrons. The molecule has 2 aromatic rings. The van der Waals surface area contributed by atoms with Gasteiger partial charge in [0.25, 0.3) is 11.6 Å². The molecule has 0 aliphatic heterocycles. The molecular weight excluding hydrogens is 296 g/mol. The Morgan fingerprint density at radius 2 is 2.10 bits per heavy atom. The van der Waals surface area contributed by atoms with Crippen molar-refractivity contribution in [2.75, 3.05) is 7.05 Å². The molecule has 2 rings (SSSR count). The molecule has 0 fully saturated rings. The number of amides is 1. The summed E-state index contributed by atoms with van der Waals surface area (Å²) in [6.45, 7) is 1.90. The van der Waals surface area contributed by atoms with Gasteiger partial charge in [0.2, 0.25) is 0 Å². The lowest BCUT2D eigenvalue weighted by atomic mass is 10.2. The Kier molecular flexibility index (Phi) is 4.28. The highest BCUT2D eigenvalue weighted by Crippen LogP contribution is 2.23. The summed E-state index contributed by atoms with van der Waals surface area (Å²) in [5.41, 5.74) is 0.439. The number of nitrogens with zero attached hydrogens (tertiary/aromatic N) is 2. The lowest BCUT2D eigenvalue weighted by molar-refractivity contribution is -0.384. The number of nitro benzene ring substituents is 1. The number of non-ortho nitro benzene ring substituents is 1. The van der Waals surface area contributed by atoms with Gasteiger partial charge in [0.1, 0.15) is 5.76 Å². The first-order valence-electron chi connectivity index (χ1n) is 6.13. The van der Waals surface area contributed by atoms with E-state index in [1.807, 2.05) is 0 Å². The van der Waals surface area contributed by atoms with E-state index < -0.39 is 4.92 Å². The molecule has 0 N–H and O–H groups in total. The third-order valence-corrected chi connectivity index (χ3v) is 3.31. The molecule has 0 saturated heterocycles. The van der Waals surface area contributed by atoms with Crippen LogP contribution in [-0.4, -0.2) is 22.8 Å². The predicted molar refractivity (Wildman–Crippen MR) is 77.3 cm³/mol. The quantitative estimate of drug-likeness (QED) is 0.640. The number of hydrogen-bond donors (Lipinski definition) is 0. The topological polar surface area (TPSA) is 76.6 Å². The standard InChI is InChI=1S/C14H13ClN2O4/c1-9-3-6-13(21-9)14(18)16(2)8-10-7-11(17(19)20)4-5-12(10)15/h3-7H,8H2,1-2H3. The first-order valence-corrected chi connectivity index (χ1v) is 6.51. The molecule has 0 radical (unpaired) electrons. The fourth-order valence-corrected chi connectivity index (χ4v) is 2.04. The molecule has 0 bridgehead atoms. The van der Waals surface area contributed by atoms with Crippen molar-refractivity contribution in [3.63, 3.8) is 0 Å². The fraction of sp³-hybridized carbons (Fsp3) is 0.214. The zero-order valence-corrected chi connectivity index (χ0v) is 12.3. The third-order valence-electron chi connectivity index (χ3n) is 2.95. The van der Waals surface area contributed by atoms with E-state index in [0.29, 0.717) is 16.3 Å². The van der Waals surface area contributed by atoms with Gasteiger partial charge in [-0.3, -0.25) is 14.9 Å². The minimum Gasteiger partial charge on any atom is -0.456 e. The van der Waals surface area contributed by atoms with Gasteiger partial charge in [0.05, 0.1) is 4.92 Å². The Labute approximate surface area is 126 Å². The van der Waals surface area contributed by atoms with Crippen LogP contribution >= 0.6 is 11.6 Å². The molecule has 0 aliphatic carbocycles. The molecule has 6 nitrogen and oxygen atoms in total. The SMILES string of the molecule is Cc1ccc(C(=O)N(C)Cc2cc([N+](=O)[O-])ccc2Cl)o1. The van der Waals surface area contributed by atoms with Gasteiger partial charge in [-0.15, -0.1) is 0 Å². The first kappa shape index (κ1) is 15.1. The molecule has 1 aromatic carbocycles. The van der Waals surface area contributed by atoms with Crippen LogP contribution in [0, 0.1) is 17.0 Å². The maximum Gasteiger partial charge on any atom is 0.289 e. The van der Waals surface area contributed by atoms with Crippen molar-refractivity contribution in [2.45, 2.75) is 13.5 Å². The van der Waals surface area contributed by atoms with Crippen molar-refractivity contribution < 1.29 is 14.1 Å². The van der Waals surface area contributed by atoms with Crippen LogP contribution in [0.25, 0.3) is 0 Å². The van der Waals surface area contributed by atoms with Gasteiger partial charge in [-0.1, -0.05) is 11.6 Å². The minimum atomic E-state index is -0.502. The molecule has 0 unspecified atom stereocenters. The second kappa shape index (κ2) is 5.97. The van der Waals surface area contributed by atoms with Crippen molar-refractivity contribution in [2.24, 2.45) is 0 Å². The van der Waals surface area contributed by atoms with E-state index in [4.69, 9.17) is 16.0 Å². The zero-order chi connectivity index (χ0) is 15.6. The van der Waals surface area contributed by atoms with Gasteiger partial charge in [-0.25, -0.2) is 0 Å². The average molecular weight is 309 g/mol. The van der Waals surface area contributed by atoms with Crippen LogP contribution in [0.1, 0.15) is 21.9 Å². The maximum atomic E-state index is 12.1. The second-order valence-corrected chi connectivity index (χ2v) is 5.01. The van der Waals surface area contributed by atoms with Crippen molar-refractivity contribution in [3.05, 3.63) is 62.6 Å². The Balaban J connectivity index is 2.19. The van der Waals surface area contributed by atoms with Crippen LogP contribution in [0.4, 0.5) is 5.69 Å². The summed E-state index contributed by atoms with van der Waals surface area (Å²) in [4.78, 5) is 23.8. The summed E-state index contributed by atoms with van der Waals surface area (Å²) >= 11 is 6.02. The number of nitro groups is 1. The van der Waals surface area contributed by atoms with Crippen molar-refractivity contribution in [1.29, 1.82) is 0 Å². The highest BCUT2D eigenvalue weighted by atomic mass is 35.5. The van der Waals surface area contributed by atoms with Gasteiger partial charge in [0.15, 0.2) is 5.76 Å². The number of furan rings is 1. The lowest BCUT2D eigenvalue weighted by Crippen LogP contribution is -2.26. The number of carbonyl (C=O) groups excluding carboxylic acids is 1. The molecular formula is C14H13ClN2O4. The van der Waals surface area contributed by atoms with Crippen LogP contribution in [-0.2, 0) is 6.54 Å². The maximum absolute atomic E-state index is 12.1. The molecule has 21 heavy (non-hydrogen) atoms. The number of carbonyl (C=O) groups is 1. The molecule has 1 heterocycles. The third kappa shape index (κ3) is 3.41. The van der Waals surface area contributed by atoms with Crippen LogP contribution in [0.15, 0.2) is 34.7 Å². The summed E-state index contributed by atoms with van der Waals surface area (Å²) in [7, 11) is 1.58. The van der Waals surface area contributed by atoms with E-state index in [0.717, 1.165) is 0 Å².